The monoisotopic (exact) mass is 260 g/mol. The van der Waals surface area contributed by atoms with Gasteiger partial charge in [0.05, 0.1) is 0 Å². The van der Waals surface area contributed by atoms with E-state index in [1.54, 1.807) is 0 Å². The van der Waals surface area contributed by atoms with E-state index < -0.39 is 0 Å². The van der Waals surface area contributed by atoms with Crippen LogP contribution in [0, 0.1) is 11.3 Å². The number of ether oxygens (including phenoxy) is 1. The van der Waals surface area contributed by atoms with Crippen LogP contribution >= 0.6 is 0 Å². The average Bonchev–Trinajstić information content (AvgIpc) is 3.01. The van der Waals surface area contributed by atoms with Gasteiger partial charge in [0, 0.05) is 6.42 Å². The highest BCUT2D eigenvalue weighted by Gasteiger charge is 2.44. The van der Waals surface area contributed by atoms with E-state index in [4.69, 9.17) is 4.74 Å². The molecule has 0 aromatic heterocycles. The van der Waals surface area contributed by atoms with Crippen molar-refractivity contribution in [2.24, 2.45) is 11.3 Å². The van der Waals surface area contributed by atoms with Crippen LogP contribution in [0.25, 0.3) is 0 Å². The molecular weight excluding hydrogens is 236 g/mol. The maximum absolute atomic E-state index is 11.6. The summed E-state index contributed by atoms with van der Waals surface area (Å²) in [5.74, 6) is 0.812. The lowest BCUT2D eigenvalue weighted by Gasteiger charge is -2.05. The molecule has 2 nitrogen and oxygen atoms in total. The van der Waals surface area contributed by atoms with E-state index in [9.17, 15) is 4.79 Å². The minimum absolute atomic E-state index is 0.0705. The molecule has 0 N–H and O–H groups in total. The maximum atomic E-state index is 11.6. The lowest BCUT2D eigenvalue weighted by Crippen LogP contribution is -2.04. The summed E-state index contributed by atoms with van der Waals surface area (Å²) in [5.41, 5.74) is 1.61. The number of esters is 1. The third-order valence-electron chi connectivity index (χ3n) is 4.14. The smallest absolute Gasteiger partial charge is 0.306 e. The normalized spacial score (nSPS) is 20.0. The van der Waals surface area contributed by atoms with E-state index in [0.29, 0.717) is 18.4 Å². The Hall–Kier alpha value is -1.31. The molecule has 0 heterocycles. The number of rotatable bonds is 7. The first-order valence-corrected chi connectivity index (χ1v) is 7.27. The zero-order valence-electron chi connectivity index (χ0n) is 12.0. The molecule has 0 bridgehead atoms. The van der Waals surface area contributed by atoms with Gasteiger partial charge in [-0.25, -0.2) is 0 Å². The van der Waals surface area contributed by atoms with Gasteiger partial charge in [-0.1, -0.05) is 50.6 Å². The molecule has 0 radical (unpaired) electrons. The van der Waals surface area contributed by atoms with Gasteiger partial charge in [0.15, 0.2) is 0 Å². The predicted molar refractivity (Wildman–Crippen MR) is 76.6 cm³/mol. The molecule has 1 unspecified atom stereocenters. The minimum Gasteiger partial charge on any atom is -0.461 e. The Morgan fingerprint density at radius 1 is 1.26 bits per heavy atom. The summed E-state index contributed by atoms with van der Waals surface area (Å²) in [4.78, 5) is 11.6. The van der Waals surface area contributed by atoms with E-state index in [1.807, 2.05) is 30.3 Å². The molecule has 1 aromatic rings. The van der Waals surface area contributed by atoms with Gasteiger partial charge < -0.3 is 4.74 Å². The number of hydrogen-bond acceptors (Lipinski definition) is 2. The third kappa shape index (κ3) is 4.70. The topological polar surface area (TPSA) is 26.3 Å². The number of carbonyl (C=O) groups excluding carboxylic acids is 1. The Kier molecular flexibility index (Phi) is 4.62. The van der Waals surface area contributed by atoms with Crippen LogP contribution < -0.4 is 0 Å². The molecule has 1 aromatic carbocycles. The third-order valence-corrected chi connectivity index (χ3v) is 4.14. The van der Waals surface area contributed by atoms with Gasteiger partial charge in [-0.3, -0.25) is 4.79 Å². The fraction of sp³-hybridized carbons (Fsp3) is 0.588. The first-order valence-electron chi connectivity index (χ1n) is 7.27. The van der Waals surface area contributed by atoms with Crippen LogP contribution in [0.3, 0.4) is 0 Å². The Labute approximate surface area is 116 Å². The fourth-order valence-corrected chi connectivity index (χ4v) is 2.54. The second kappa shape index (κ2) is 6.23. The summed E-state index contributed by atoms with van der Waals surface area (Å²) in [6, 6.07) is 9.83. The second-order valence-corrected chi connectivity index (χ2v) is 6.28. The van der Waals surface area contributed by atoms with Crippen molar-refractivity contribution in [1.29, 1.82) is 0 Å². The maximum Gasteiger partial charge on any atom is 0.306 e. The molecular formula is C17H24O2. The quantitative estimate of drug-likeness (QED) is 0.538. The number of benzene rings is 1. The SMILES string of the molecule is CC1(C)CC1CCCCC(=O)OCc1ccccc1. The summed E-state index contributed by atoms with van der Waals surface area (Å²) in [7, 11) is 0. The highest BCUT2D eigenvalue weighted by Crippen LogP contribution is 2.54. The molecule has 1 aliphatic carbocycles. The zero-order valence-corrected chi connectivity index (χ0v) is 12.0. The lowest BCUT2D eigenvalue weighted by molar-refractivity contribution is -0.145. The molecule has 0 spiro atoms. The first kappa shape index (κ1) is 14.1. The first-order chi connectivity index (χ1) is 9.08. The Balaban J connectivity index is 1.53. The Morgan fingerprint density at radius 2 is 1.95 bits per heavy atom. The van der Waals surface area contributed by atoms with Crippen molar-refractivity contribution in [3.8, 4) is 0 Å². The van der Waals surface area contributed by atoms with Gasteiger partial charge in [0.25, 0.3) is 0 Å². The van der Waals surface area contributed by atoms with Gasteiger partial charge in [-0.05, 0) is 36.2 Å². The van der Waals surface area contributed by atoms with Crippen LogP contribution in [-0.2, 0) is 16.1 Å². The van der Waals surface area contributed by atoms with E-state index in [0.717, 1.165) is 24.3 Å². The Morgan fingerprint density at radius 3 is 2.58 bits per heavy atom. The summed E-state index contributed by atoms with van der Waals surface area (Å²) in [6.45, 7) is 5.05. The van der Waals surface area contributed by atoms with Crippen molar-refractivity contribution in [2.45, 2.75) is 52.6 Å². The van der Waals surface area contributed by atoms with Gasteiger partial charge in [-0.2, -0.15) is 0 Å². The van der Waals surface area contributed by atoms with Crippen molar-refractivity contribution in [3.05, 3.63) is 35.9 Å². The summed E-state index contributed by atoms with van der Waals surface area (Å²) >= 11 is 0. The molecule has 2 heteroatoms. The highest BCUT2D eigenvalue weighted by molar-refractivity contribution is 5.69. The van der Waals surface area contributed by atoms with Crippen LogP contribution in [0.5, 0.6) is 0 Å². The summed E-state index contributed by atoms with van der Waals surface area (Å²) < 4.78 is 5.25. The van der Waals surface area contributed by atoms with Crippen molar-refractivity contribution in [2.75, 3.05) is 0 Å². The van der Waals surface area contributed by atoms with Crippen molar-refractivity contribution in [1.82, 2.24) is 0 Å². The summed E-state index contributed by atoms with van der Waals surface area (Å²) in [5, 5.41) is 0. The van der Waals surface area contributed by atoms with Crippen LogP contribution in [-0.4, -0.2) is 5.97 Å². The van der Waals surface area contributed by atoms with E-state index >= 15 is 0 Å². The molecule has 1 fully saturated rings. The average molecular weight is 260 g/mol. The van der Waals surface area contributed by atoms with Crippen molar-refractivity contribution >= 4 is 5.97 Å². The van der Waals surface area contributed by atoms with E-state index in [2.05, 4.69) is 13.8 Å². The molecule has 1 saturated carbocycles. The fourth-order valence-electron chi connectivity index (χ4n) is 2.54. The van der Waals surface area contributed by atoms with Gasteiger partial charge in [0.2, 0.25) is 0 Å². The van der Waals surface area contributed by atoms with E-state index in [1.165, 1.54) is 12.8 Å². The van der Waals surface area contributed by atoms with Crippen LogP contribution in [0.1, 0.15) is 51.5 Å². The van der Waals surface area contributed by atoms with Crippen molar-refractivity contribution in [3.63, 3.8) is 0 Å². The lowest BCUT2D eigenvalue weighted by atomic mass is 10.0. The number of unbranched alkanes of at least 4 members (excludes halogenated alkanes) is 1. The predicted octanol–water partition coefficient (Wildman–Crippen LogP) is 4.34. The molecule has 0 saturated heterocycles. The standard InChI is InChI=1S/C17H24O2/c1-17(2)12-15(17)10-6-7-11-16(18)19-13-14-8-4-3-5-9-14/h3-5,8-9,15H,6-7,10-13H2,1-2H3. The van der Waals surface area contributed by atoms with Crippen LogP contribution in [0.4, 0.5) is 0 Å². The molecule has 1 aliphatic rings. The van der Waals surface area contributed by atoms with Gasteiger partial charge >= 0.3 is 5.97 Å². The molecule has 2 rings (SSSR count). The number of hydrogen-bond donors (Lipinski definition) is 0. The Bertz CT molecular complexity index is 409. The largest absolute Gasteiger partial charge is 0.461 e. The molecule has 1 atom stereocenters. The minimum atomic E-state index is -0.0705. The molecule has 0 aliphatic heterocycles. The molecule has 0 amide bonds. The van der Waals surface area contributed by atoms with Gasteiger partial charge in [-0.15, -0.1) is 0 Å². The van der Waals surface area contributed by atoms with Gasteiger partial charge in [0.1, 0.15) is 6.61 Å². The highest BCUT2D eigenvalue weighted by atomic mass is 16.5. The van der Waals surface area contributed by atoms with Crippen molar-refractivity contribution < 1.29 is 9.53 Å². The van der Waals surface area contributed by atoms with Crippen LogP contribution in [0.15, 0.2) is 30.3 Å². The van der Waals surface area contributed by atoms with Crippen LogP contribution in [0.2, 0.25) is 0 Å². The van der Waals surface area contributed by atoms with E-state index in [-0.39, 0.29) is 5.97 Å². The molecule has 19 heavy (non-hydrogen) atoms. The number of carbonyl (C=O) groups is 1. The zero-order chi connectivity index (χ0) is 13.7. The molecule has 104 valence electrons. The summed E-state index contributed by atoms with van der Waals surface area (Å²) in [6.07, 6.45) is 5.28. The second-order valence-electron chi connectivity index (χ2n) is 6.28.